The Morgan fingerprint density at radius 1 is 1.32 bits per heavy atom. The summed E-state index contributed by atoms with van der Waals surface area (Å²) in [5.41, 5.74) is 1.14. The molecule has 1 N–H and O–H groups in total. The number of benzene rings is 1. The second-order valence-corrected chi connectivity index (χ2v) is 5.99. The van der Waals surface area contributed by atoms with Crippen molar-refractivity contribution in [2.24, 2.45) is 0 Å². The van der Waals surface area contributed by atoms with Crippen molar-refractivity contribution in [3.63, 3.8) is 0 Å². The molecule has 1 aromatic carbocycles. The number of para-hydroxylation sites is 1. The minimum Gasteiger partial charge on any atom is -0.391 e. The summed E-state index contributed by atoms with van der Waals surface area (Å²) in [5.74, 6) is 0. The number of likely N-dealkylation sites (N-methyl/N-ethyl adjacent to an activating group) is 1. The second-order valence-electron chi connectivity index (χ2n) is 5.99. The lowest BCUT2D eigenvalue weighted by Gasteiger charge is -2.39. The molecule has 0 unspecified atom stereocenters. The van der Waals surface area contributed by atoms with E-state index in [0.717, 1.165) is 31.6 Å². The highest BCUT2D eigenvalue weighted by molar-refractivity contribution is 5.46. The van der Waals surface area contributed by atoms with E-state index in [2.05, 4.69) is 4.90 Å². The fraction of sp³-hybridized carbons (Fsp3) is 0.625. The van der Waals surface area contributed by atoms with Crippen molar-refractivity contribution in [1.82, 2.24) is 4.90 Å². The zero-order valence-electron chi connectivity index (χ0n) is 12.8. The van der Waals surface area contributed by atoms with Gasteiger partial charge < -0.3 is 10.0 Å². The predicted octanol–water partition coefficient (Wildman–Crippen LogP) is 2.90. The number of aliphatic hydroxyl groups excluding tert-OH is 1. The fourth-order valence-corrected chi connectivity index (χ4v) is 3.00. The Balaban J connectivity index is 1.89. The molecule has 0 radical (unpaired) electrons. The first-order valence-electron chi connectivity index (χ1n) is 7.60. The van der Waals surface area contributed by atoms with E-state index in [4.69, 9.17) is 0 Å². The first-order valence-corrected chi connectivity index (χ1v) is 7.60. The molecule has 22 heavy (non-hydrogen) atoms. The first-order chi connectivity index (χ1) is 10.3. The molecule has 3 nitrogen and oxygen atoms in total. The van der Waals surface area contributed by atoms with Crippen LogP contribution >= 0.6 is 0 Å². The summed E-state index contributed by atoms with van der Waals surface area (Å²) in [5, 5.41) is 9.59. The number of anilines is 1. The van der Waals surface area contributed by atoms with Crippen LogP contribution in [-0.4, -0.2) is 55.0 Å². The average molecular weight is 316 g/mol. The number of piperidine rings is 1. The van der Waals surface area contributed by atoms with E-state index in [1.54, 1.807) is 7.05 Å². The normalized spacial score (nSPS) is 21.2. The molecule has 0 amide bonds. The van der Waals surface area contributed by atoms with Gasteiger partial charge in [0.05, 0.1) is 12.5 Å². The molecule has 1 heterocycles. The van der Waals surface area contributed by atoms with Crippen molar-refractivity contribution in [3.05, 3.63) is 30.3 Å². The van der Waals surface area contributed by atoms with Crippen LogP contribution in [0, 0.1) is 0 Å². The van der Waals surface area contributed by atoms with E-state index in [1.807, 2.05) is 35.2 Å². The number of hydrogen-bond donors (Lipinski definition) is 1. The third kappa shape index (κ3) is 5.18. The smallest absolute Gasteiger partial charge is 0.391 e. The lowest BCUT2D eigenvalue weighted by atomic mass is 10.0. The topological polar surface area (TPSA) is 26.7 Å². The Labute approximate surface area is 129 Å². The van der Waals surface area contributed by atoms with Crippen molar-refractivity contribution in [3.8, 4) is 0 Å². The highest BCUT2D eigenvalue weighted by atomic mass is 19.4. The Morgan fingerprint density at radius 3 is 2.64 bits per heavy atom. The van der Waals surface area contributed by atoms with Gasteiger partial charge in [0.1, 0.15) is 0 Å². The van der Waals surface area contributed by atoms with Crippen LogP contribution in [-0.2, 0) is 0 Å². The molecule has 0 spiro atoms. The largest absolute Gasteiger partial charge is 0.391 e. The van der Waals surface area contributed by atoms with Gasteiger partial charge in [-0.2, -0.15) is 13.2 Å². The van der Waals surface area contributed by atoms with E-state index < -0.39 is 18.7 Å². The van der Waals surface area contributed by atoms with Gasteiger partial charge in [-0.05, 0) is 32.0 Å². The zero-order valence-corrected chi connectivity index (χ0v) is 12.8. The van der Waals surface area contributed by atoms with Gasteiger partial charge in [0.15, 0.2) is 0 Å². The van der Waals surface area contributed by atoms with Gasteiger partial charge in [-0.3, -0.25) is 4.90 Å². The van der Waals surface area contributed by atoms with Gasteiger partial charge in [-0.25, -0.2) is 0 Å². The molecule has 1 aromatic rings. The SMILES string of the molecule is CN(C[C@H](O)CC(F)(F)F)[C@@H]1CCCN(c2ccccc2)C1. The minimum absolute atomic E-state index is 0.0484. The van der Waals surface area contributed by atoms with Crippen LogP contribution in [0.2, 0.25) is 0 Å². The number of aliphatic hydroxyl groups is 1. The highest BCUT2D eigenvalue weighted by Crippen LogP contribution is 2.24. The van der Waals surface area contributed by atoms with Crippen molar-refractivity contribution in [1.29, 1.82) is 0 Å². The fourth-order valence-electron chi connectivity index (χ4n) is 3.00. The molecule has 1 aliphatic heterocycles. The third-order valence-corrected chi connectivity index (χ3v) is 4.11. The minimum atomic E-state index is -4.32. The maximum Gasteiger partial charge on any atom is 0.391 e. The third-order valence-electron chi connectivity index (χ3n) is 4.11. The standard InChI is InChI=1S/C16H23F3N2O/c1-20(12-15(22)10-16(17,18)19)14-8-5-9-21(11-14)13-6-3-2-4-7-13/h2-4,6-7,14-15,22H,5,8-12H2,1H3/t14-,15-/m1/s1. The van der Waals surface area contributed by atoms with E-state index in [0.29, 0.717) is 0 Å². The summed E-state index contributed by atoms with van der Waals surface area (Å²) in [4.78, 5) is 4.10. The van der Waals surface area contributed by atoms with Gasteiger partial charge in [-0.15, -0.1) is 0 Å². The van der Waals surface area contributed by atoms with Gasteiger partial charge in [0.25, 0.3) is 0 Å². The first kappa shape index (κ1) is 17.1. The van der Waals surface area contributed by atoms with E-state index in [-0.39, 0.29) is 12.6 Å². The van der Waals surface area contributed by atoms with Crippen LogP contribution in [0.5, 0.6) is 0 Å². The van der Waals surface area contributed by atoms with Crippen molar-refractivity contribution in [2.75, 3.05) is 31.6 Å². The van der Waals surface area contributed by atoms with Crippen LogP contribution in [0.25, 0.3) is 0 Å². The van der Waals surface area contributed by atoms with Gasteiger partial charge >= 0.3 is 6.18 Å². The molecule has 6 heteroatoms. The van der Waals surface area contributed by atoms with Crippen LogP contribution in [0.1, 0.15) is 19.3 Å². The Bertz CT molecular complexity index is 452. The molecule has 0 saturated carbocycles. The molecule has 2 rings (SSSR count). The van der Waals surface area contributed by atoms with Crippen molar-refractivity contribution in [2.45, 2.75) is 37.6 Å². The number of rotatable bonds is 5. The predicted molar refractivity (Wildman–Crippen MR) is 81.0 cm³/mol. The van der Waals surface area contributed by atoms with Crippen LogP contribution in [0.3, 0.4) is 0 Å². The molecular weight excluding hydrogens is 293 g/mol. The molecule has 1 saturated heterocycles. The molecule has 0 aromatic heterocycles. The summed E-state index contributed by atoms with van der Waals surface area (Å²) < 4.78 is 36.9. The lowest BCUT2D eigenvalue weighted by Crippen LogP contribution is -2.48. The van der Waals surface area contributed by atoms with E-state index in [1.165, 1.54) is 0 Å². The summed E-state index contributed by atoms with van der Waals surface area (Å²) >= 11 is 0. The van der Waals surface area contributed by atoms with E-state index in [9.17, 15) is 18.3 Å². The molecule has 2 atom stereocenters. The summed E-state index contributed by atoms with van der Waals surface area (Å²) in [7, 11) is 1.79. The quantitative estimate of drug-likeness (QED) is 0.905. The lowest BCUT2D eigenvalue weighted by molar-refractivity contribution is -0.155. The summed E-state index contributed by atoms with van der Waals surface area (Å²) in [6, 6.07) is 10.2. The molecule has 0 bridgehead atoms. The van der Waals surface area contributed by atoms with Crippen LogP contribution in [0.4, 0.5) is 18.9 Å². The van der Waals surface area contributed by atoms with Crippen molar-refractivity contribution < 1.29 is 18.3 Å². The maximum absolute atomic E-state index is 12.3. The monoisotopic (exact) mass is 316 g/mol. The Kier molecular flexibility index (Phi) is 5.69. The number of halogens is 3. The zero-order chi connectivity index (χ0) is 16.2. The van der Waals surface area contributed by atoms with E-state index >= 15 is 0 Å². The highest BCUT2D eigenvalue weighted by Gasteiger charge is 2.32. The van der Waals surface area contributed by atoms with Gasteiger partial charge in [0, 0.05) is 31.4 Å². The van der Waals surface area contributed by atoms with Gasteiger partial charge in [0.2, 0.25) is 0 Å². The Hall–Kier alpha value is -1.27. The number of hydrogen-bond acceptors (Lipinski definition) is 3. The number of alkyl halides is 3. The van der Waals surface area contributed by atoms with Crippen LogP contribution in [0.15, 0.2) is 30.3 Å². The van der Waals surface area contributed by atoms with Crippen LogP contribution < -0.4 is 4.90 Å². The average Bonchev–Trinajstić information content (AvgIpc) is 2.46. The molecule has 124 valence electrons. The summed E-state index contributed by atoms with van der Waals surface area (Å²) in [6.45, 7) is 1.78. The van der Waals surface area contributed by atoms with Crippen molar-refractivity contribution >= 4 is 5.69 Å². The Morgan fingerprint density at radius 2 is 2.00 bits per heavy atom. The number of nitrogens with zero attached hydrogens (tertiary/aromatic N) is 2. The molecule has 0 aliphatic carbocycles. The van der Waals surface area contributed by atoms with Gasteiger partial charge in [-0.1, -0.05) is 18.2 Å². The molecule has 1 fully saturated rings. The summed E-state index contributed by atoms with van der Waals surface area (Å²) in [6.07, 6.45) is -4.88. The molecular formula is C16H23F3N2O. The molecule has 1 aliphatic rings. The second kappa shape index (κ2) is 7.33. The maximum atomic E-state index is 12.3.